The average molecular weight is 223 g/mol. The van der Waals surface area contributed by atoms with Crippen molar-refractivity contribution < 1.29 is 9.59 Å². The second-order valence-electron chi connectivity index (χ2n) is 4.80. The third kappa shape index (κ3) is 3.04. The Morgan fingerprint density at radius 3 is 2.75 bits per heavy atom. The third-order valence-electron chi connectivity index (χ3n) is 2.86. The number of carbonyl (C=O) groups is 2. The molecule has 1 N–H and O–H groups in total. The lowest BCUT2D eigenvalue weighted by Crippen LogP contribution is -2.57. The first-order valence-electron chi connectivity index (χ1n) is 5.35. The highest BCUT2D eigenvalue weighted by molar-refractivity contribution is 6.00. The van der Waals surface area contributed by atoms with E-state index in [9.17, 15) is 9.59 Å². The Hall–Kier alpha value is -1.41. The predicted molar refractivity (Wildman–Crippen MR) is 58.2 cm³/mol. The van der Waals surface area contributed by atoms with Crippen LogP contribution in [0.1, 0.15) is 27.2 Å². The van der Waals surface area contributed by atoms with E-state index in [-0.39, 0.29) is 24.4 Å². The van der Waals surface area contributed by atoms with Crippen molar-refractivity contribution in [3.8, 4) is 6.07 Å². The Labute approximate surface area is 95.4 Å². The summed E-state index contributed by atoms with van der Waals surface area (Å²) >= 11 is 0. The SMILES string of the molecule is CC1C(=O)NC(=O)CN1CCC(C)(C)C#N. The summed E-state index contributed by atoms with van der Waals surface area (Å²) in [6.45, 7) is 6.28. The van der Waals surface area contributed by atoms with Crippen molar-refractivity contribution in [3.63, 3.8) is 0 Å². The first kappa shape index (κ1) is 12.7. The topological polar surface area (TPSA) is 73.2 Å². The second-order valence-corrected chi connectivity index (χ2v) is 4.80. The number of piperazine rings is 1. The summed E-state index contributed by atoms with van der Waals surface area (Å²) in [5.41, 5.74) is -0.420. The van der Waals surface area contributed by atoms with Crippen molar-refractivity contribution in [1.29, 1.82) is 5.26 Å². The molecule has 0 bridgehead atoms. The Balaban J connectivity index is 2.57. The number of rotatable bonds is 3. The number of nitrogens with one attached hydrogen (secondary N) is 1. The van der Waals surface area contributed by atoms with Gasteiger partial charge in [-0.25, -0.2) is 0 Å². The van der Waals surface area contributed by atoms with Crippen molar-refractivity contribution in [1.82, 2.24) is 10.2 Å². The van der Waals surface area contributed by atoms with E-state index in [0.717, 1.165) is 0 Å². The molecule has 1 rings (SSSR count). The second kappa shape index (κ2) is 4.62. The highest BCUT2D eigenvalue weighted by Gasteiger charge is 2.31. The quantitative estimate of drug-likeness (QED) is 0.697. The molecule has 0 aromatic rings. The van der Waals surface area contributed by atoms with Gasteiger partial charge in [0, 0.05) is 6.54 Å². The van der Waals surface area contributed by atoms with Crippen LogP contribution in [0.3, 0.4) is 0 Å². The van der Waals surface area contributed by atoms with Crippen LogP contribution in [-0.4, -0.2) is 35.8 Å². The summed E-state index contributed by atoms with van der Waals surface area (Å²) in [6, 6.07) is 1.91. The molecule has 5 heteroatoms. The summed E-state index contributed by atoms with van der Waals surface area (Å²) in [5.74, 6) is -0.524. The van der Waals surface area contributed by atoms with Crippen LogP contribution < -0.4 is 5.32 Å². The van der Waals surface area contributed by atoms with E-state index in [4.69, 9.17) is 5.26 Å². The Bertz CT molecular complexity index is 344. The summed E-state index contributed by atoms with van der Waals surface area (Å²) in [5, 5.41) is 11.2. The summed E-state index contributed by atoms with van der Waals surface area (Å²) < 4.78 is 0. The zero-order valence-electron chi connectivity index (χ0n) is 9.91. The van der Waals surface area contributed by atoms with Crippen molar-refractivity contribution in [2.75, 3.05) is 13.1 Å². The zero-order chi connectivity index (χ0) is 12.3. The zero-order valence-corrected chi connectivity index (χ0v) is 9.91. The normalized spacial score (nSPS) is 22.8. The van der Waals surface area contributed by atoms with Gasteiger partial charge in [-0.1, -0.05) is 0 Å². The first-order chi connectivity index (χ1) is 7.35. The molecule has 0 aromatic heterocycles. The van der Waals surface area contributed by atoms with Crippen LogP contribution in [0.5, 0.6) is 0 Å². The monoisotopic (exact) mass is 223 g/mol. The highest BCUT2D eigenvalue weighted by Crippen LogP contribution is 2.20. The van der Waals surface area contributed by atoms with E-state index < -0.39 is 5.41 Å². The molecule has 16 heavy (non-hydrogen) atoms. The number of amides is 2. The Morgan fingerprint density at radius 2 is 2.19 bits per heavy atom. The summed E-state index contributed by atoms with van der Waals surface area (Å²) in [6.07, 6.45) is 0.647. The fourth-order valence-corrected chi connectivity index (χ4v) is 1.52. The predicted octanol–water partition coefficient (Wildman–Crippen LogP) is 0.273. The van der Waals surface area contributed by atoms with Gasteiger partial charge in [-0.2, -0.15) is 5.26 Å². The third-order valence-corrected chi connectivity index (χ3v) is 2.86. The molecular weight excluding hydrogens is 206 g/mol. The highest BCUT2D eigenvalue weighted by atomic mass is 16.2. The van der Waals surface area contributed by atoms with Crippen LogP contribution in [0.25, 0.3) is 0 Å². The van der Waals surface area contributed by atoms with Crippen LogP contribution in [0.2, 0.25) is 0 Å². The minimum absolute atomic E-state index is 0.231. The first-order valence-corrected chi connectivity index (χ1v) is 5.35. The fourth-order valence-electron chi connectivity index (χ4n) is 1.52. The van der Waals surface area contributed by atoms with E-state index >= 15 is 0 Å². The maximum atomic E-state index is 11.4. The van der Waals surface area contributed by atoms with Gasteiger partial charge >= 0.3 is 0 Å². The molecule has 1 heterocycles. The summed E-state index contributed by atoms with van der Waals surface area (Å²) in [4.78, 5) is 24.4. The number of carbonyl (C=O) groups excluding carboxylic acids is 2. The van der Waals surface area contributed by atoms with Gasteiger partial charge in [0.15, 0.2) is 0 Å². The van der Waals surface area contributed by atoms with E-state index in [0.29, 0.717) is 13.0 Å². The lowest BCUT2D eigenvalue weighted by molar-refractivity contribution is -0.139. The number of nitriles is 1. The Kier molecular flexibility index (Phi) is 3.66. The van der Waals surface area contributed by atoms with Crippen molar-refractivity contribution in [3.05, 3.63) is 0 Å². The van der Waals surface area contributed by atoms with Gasteiger partial charge in [0.2, 0.25) is 11.8 Å². The molecule has 0 aliphatic carbocycles. The van der Waals surface area contributed by atoms with Crippen LogP contribution >= 0.6 is 0 Å². The molecule has 1 atom stereocenters. The van der Waals surface area contributed by atoms with Gasteiger partial charge in [-0.05, 0) is 27.2 Å². The molecule has 1 saturated heterocycles. The largest absolute Gasteiger partial charge is 0.294 e. The number of hydrogen-bond acceptors (Lipinski definition) is 4. The van der Waals surface area contributed by atoms with Gasteiger partial charge in [0.25, 0.3) is 0 Å². The molecule has 0 aromatic carbocycles. The number of imide groups is 1. The number of hydrogen-bond donors (Lipinski definition) is 1. The summed E-state index contributed by atoms with van der Waals surface area (Å²) in [7, 11) is 0. The standard InChI is InChI=1S/C11H17N3O2/c1-8-10(16)13-9(15)6-14(8)5-4-11(2,3)7-12/h8H,4-6H2,1-3H3,(H,13,15,16). The maximum Gasteiger partial charge on any atom is 0.243 e. The van der Waals surface area contributed by atoms with Crippen molar-refractivity contribution in [2.24, 2.45) is 5.41 Å². The van der Waals surface area contributed by atoms with Gasteiger partial charge in [-0.15, -0.1) is 0 Å². The van der Waals surface area contributed by atoms with Crippen LogP contribution in [0.15, 0.2) is 0 Å². The van der Waals surface area contributed by atoms with Gasteiger partial charge in [0.05, 0.1) is 24.1 Å². The molecule has 0 saturated carbocycles. The van der Waals surface area contributed by atoms with E-state index in [1.54, 1.807) is 11.8 Å². The molecule has 5 nitrogen and oxygen atoms in total. The lowest BCUT2D eigenvalue weighted by Gasteiger charge is -2.32. The molecule has 1 aliphatic heterocycles. The number of nitrogens with zero attached hydrogens (tertiary/aromatic N) is 2. The average Bonchev–Trinajstić information content (AvgIpc) is 2.21. The van der Waals surface area contributed by atoms with Gasteiger partial charge in [0.1, 0.15) is 0 Å². The van der Waals surface area contributed by atoms with E-state index in [1.807, 2.05) is 13.8 Å². The Morgan fingerprint density at radius 1 is 1.56 bits per heavy atom. The van der Waals surface area contributed by atoms with Gasteiger partial charge in [-0.3, -0.25) is 19.8 Å². The van der Waals surface area contributed by atoms with E-state index in [2.05, 4.69) is 11.4 Å². The molecule has 1 aliphatic rings. The van der Waals surface area contributed by atoms with E-state index in [1.165, 1.54) is 0 Å². The minimum atomic E-state index is -0.420. The molecule has 0 radical (unpaired) electrons. The minimum Gasteiger partial charge on any atom is -0.294 e. The molecule has 1 unspecified atom stereocenters. The van der Waals surface area contributed by atoms with Crippen molar-refractivity contribution >= 4 is 11.8 Å². The molecule has 88 valence electrons. The molecule has 2 amide bonds. The molecular formula is C11H17N3O2. The maximum absolute atomic E-state index is 11.4. The van der Waals surface area contributed by atoms with Crippen LogP contribution in [-0.2, 0) is 9.59 Å². The van der Waals surface area contributed by atoms with Gasteiger partial charge < -0.3 is 0 Å². The molecule has 1 fully saturated rings. The van der Waals surface area contributed by atoms with Crippen molar-refractivity contribution in [2.45, 2.75) is 33.2 Å². The van der Waals surface area contributed by atoms with Crippen LogP contribution in [0.4, 0.5) is 0 Å². The lowest BCUT2D eigenvalue weighted by atomic mass is 9.91. The van der Waals surface area contributed by atoms with Crippen LogP contribution in [0, 0.1) is 16.7 Å². The molecule has 0 spiro atoms. The smallest absolute Gasteiger partial charge is 0.243 e. The fraction of sp³-hybridized carbons (Fsp3) is 0.727.